The largest absolute Gasteiger partial charge is 0.497 e. The Bertz CT molecular complexity index is 476. The Labute approximate surface area is 117 Å². The number of rotatable bonds is 7. The van der Waals surface area contributed by atoms with Crippen molar-refractivity contribution < 1.29 is 23.5 Å². The van der Waals surface area contributed by atoms with E-state index >= 15 is 0 Å². The van der Waals surface area contributed by atoms with Gasteiger partial charge in [0.1, 0.15) is 11.6 Å². The summed E-state index contributed by atoms with van der Waals surface area (Å²) in [4.78, 5) is 22.8. The number of carbonyl (C=O) groups excluding carboxylic acids is 2. The quantitative estimate of drug-likeness (QED) is 0.613. The third kappa shape index (κ3) is 4.87. The molecule has 0 aliphatic heterocycles. The molecule has 0 atom stereocenters. The lowest BCUT2D eigenvalue weighted by Gasteiger charge is -2.07. The van der Waals surface area contributed by atoms with E-state index in [1.54, 1.807) is 6.92 Å². The summed E-state index contributed by atoms with van der Waals surface area (Å²) >= 11 is 0. The second-order valence-corrected chi connectivity index (χ2v) is 4.01. The van der Waals surface area contributed by atoms with E-state index in [9.17, 15) is 14.0 Å². The Morgan fingerprint density at radius 1 is 1.35 bits per heavy atom. The van der Waals surface area contributed by atoms with Gasteiger partial charge < -0.3 is 14.8 Å². The maximum atomic E-state index is 13.6. The number of nitrogens with one attached hydrogen (secondary N) is 1. The minimum Gasteiger partial charge on any atom is -0.497 e. The molecule has 0 heterocycles. The topological polar surface area (TPSA) is 64.6 Å². The van der Waals surface area contributed by atoms with Crippen molar-refractivity contribution in [3.8, 4) is 5.75 Å². The number of hydrogen-bond acceptors (Lipinski definition) is 4. The average molecular weight is 283 g/mol. The van der Waals surface area contributed by atoms with E-state index < -0.39 is 11.7 Å². The van der Waals surface area contributed by atoms with E-state index in [0.717, 1.165) is 6.07 Å². The van der Waals surface area contributed by atoms with Crippen molar-refractivity contribution >= 4 is 11.9 Å². The fourth-order valence-corrected chi connectivity index (χ4v) is 1.57. The van der Waals surface area contributed by atoms with Crippen LogP contribution in [0.4, 0.5) is 4.39 Å². The monoisotopic (exact) mass is 283 g/mol. The molecule has 1 rings (SSSR count). The number of halogens is 1. The Kier molecular flexibility index (Phi) is 6.49. The van der Waals surface area contributed by atoms with Gasteiger partial charge in [-0.05, 0) is 25.5 Å². The van der Waals surface area contributed by atoms with Crippen molar-refractivity contribution in [1.29, 1.82) is 0 Å². The lowest BCUT2D eigenvalue weighted by molar-refractivity contribution is -0.143. The van der Waals surface area contributed by atoms with Gasteiger partial charge in [0, 0.05) is 19.0 Å². The SMILES string of the molecule is CCOC(=O)CCCNC(=O)c1ccc(OC)cc1F. The molecule has 0 aliphatic rings. The molecular formula is C14H18FNO4. The zero-order chi connectivity index (χ0) is 15.0. The van der Waals surface area contributed by atoms with Gasteiger partial charge in [0.25, 0.3) is 5.91 Å². The van der Waals surface area contributed by atoms with Gasteiger partial charge in [-0.1, -0.05) is 0 Å². The first-order chi connectivity index (χ1) is 9.58. The summed E-state index contributed by atoms with van der Waals surface area (Å²) in [5.74, 6) is -1.13. The zero-order valence-electron chi connectivity index (χ0n) is 11.6. The predicted octanol–water partition coefficient (Wildman–Crippen LogP) is 1.91. The van der Waals surface area contributed by atoms with Gasteiger partial charge in [0.15, 0.2) is 0 Å². The molecule has 110 valence electrons. The van der Waals surface area contributed by atoms with Gasteiger partial charge in [-0.3, -0.25) is 9.59 Å². The van der Waals surface area contributed by atoms with Crippen LogP contribution in [0.15, 0.2) is 18.2 Å². The molecule has 0 radical (unpaired) electrons. The molecule has 5 nitrogen and oxygen atoms in total. The standard InChI is InChI=1S/C14H18FNO4/c1-3-20-13(17)5-4-8-16-14(18)11-7-6-10(19-2)9-12(11)15/h6-7,9H,3-5,8H2,1-2H3,(H,16,18). The molecule has 1 amide bonds. The van der Waals surface area contributed by atoms with E-state index in [0.29, 0.717) is 18.8 Å². The average Bonchev–Trinajstić information content (AvgIpc) is 2.43. The van der Waals surface area contributed by atoms with Crippen LogP contribution in [-0.4, -0.2) is 32.1 Å². The number of ether oxygens (including phenoxy) is 2. The highest BCUT2D eigenvalue weighted by Crippen LogP contribution is 2.16. The lowest BCUT2D eigenvalue weighted by Crippen LogP contribution is -2.26. The molecule has 0 aliphatic carbocycles. The summed E-state index contributed by atoms with van der Waals surface area (Å²) in [6.45, 7) is 2.34. The smallest absolute Gasteiger partial charge is 0.305 e. The van der Waals surface area contributed by atoms with Crippen LogP contribution in [0.25, 0.3) is 0 Å². The maximum Gasteiger partial charge on any atom is 0.305 e. The first-order valence-electron chi connectivity index (χ1n) is 6.35. The minimum atomic E-state index is -0.646. The molecule has 0 saturated heterocycles. The molecule has 1 N–H and O–H groups in total. The summed E-state index contributed by atoms with van der Waals surface area (Å²) in [5.41, 5.74) is -0.0538. The van der Waals surface area contributed by atoms with Gasteiger partial charge in [-0.25, -0.2) is 4.39 Å². The van der Waals surface area contributed by atoms with Gasteiger partial charge in [0.05, 0.1) is 19.3 Å². The third-order valence-corrected chi connectivity index (χ3v) is 2.57. The Hall–Kier alpha value is -2.11. The number of carbonyl (C=O) groups is 2. The van der Waals surface area contributed by atoms with Crippen LogP contribution in [-0.2, 0) is 9.53 Å². The first kappa shape index (κ1) is 15.9. The maximum absolute atomic E-state index is 13.6. The Morgan fingerprint density at radius 2 is 2.10 bits per heavy atom. The summed E-state index contributed by atoms with van der Waals surface area (Å²) in [5, 5.41) is 2.55. The van der Waals surface area contributed by atoms with Crippen LogP contribution in [0.1, 0.15) is 30.1 Å². The van der Waals surface area contributed by atoms with Crippen LogP contribution in [0.3, 0.4) is 0 Å². The zero-order valence-corrected chi connectivity index (χ0v) is 11.6. The van der Waals surface area contributed by atoms with Crippen molar-refractivity contribution in [3.63, 3.8) is 0 Å². The van der Waals surface area contributed by atoms with Gasteiger partial charge in [-0.2, -0.15) is 0 Å². The van der Waals surface area contributed by atoms with E-state index in [4.69, 9.17) is 9.47 Å². The van der Waals surface area contributed by atoms with E-state index in [1.807, 2.05) is 0 Å². The predicted molar refractivity (Wildman–Crippen MR) is 71.2 cm³/mol. The number of benzene rings is 1. The van der Waals surface area contributed by atoms with Gasteiger partial charge >= 0.3 is 5.97 Å². The molecular weight excluding hydrogens is 265 g/mol. The molecule has 20 heavy (non-hydrogen) atoms. The summed E-state index contributed by atoms with van der Waals surface area (Å²) in [7, 11) is 1.42. The van der Waals surface area contributed by atoms with Gasteiger partial charge in [-0.15, -0.1) is 0 Å². The number of hydrogen-bond donors (Lipinski definition) is 1. The second kappa shape index (κ2) is 8.14. The highest BCUT2D eigenvalue weighted by atomic mass is 19.1. The molecule has 0 fully saturated rings. The molecule has 1 aromatic carbocycles. The summed E-state index contributed by atoms with van der Waals surface area (Å²) in [6, 6.07) is 4.01. The summed E-state index contributed by atoms with van der Waals surface area (Å²) in [6.07, 6.45) is 0.668. The Balaban J connectivity index is 2.41. The molecule has 0 bridgehead atoms. The molecule has 6 heteroatoms. The minimum absolute atomic E-state index is 0.0538. The van der Waals surface area contributed by atoms with Crippen molar-refractivity contribution in [1.82, 2.24) is 5.32 Å². The summed E-state index contributed by atoms with van der Waals surface area (Å²) < 4.78 is 23.2. The van der Waals surface area contributed by atoms with Crippen molar-refractivity contribution in [2.24, 2.45) is 0 Å². The molecule has 1 aromatic rings. The second-order valence-electron chi connectivity index (χ2n) is 4.01. The highest BCUT2D eigenvalue weighted by Gasteiger charge is 2.12. The number of amides is 1. The van der Waals surface area contributed by atoms with E-state index in [2.05, 4.69) is 5.32 Å². The fraction of sp³-hybridized carbons (Fsp3) is 0.429. The highest BCUT2D eigenvalue weighted by molar-refractivity contribution is 5.94. The van der Waals surface area contributed by atoms with Crippen molar-refractivity contribution in [3.05, 3.63) is 29.6 Å². The molecule has 0 saturated carbocycles. The van der Waals surface area contributed by atoms with E-state index in [-0.39, 0.29) is 24.5 Å². The fourth-order valence-electron chi connectivity index (χ4n) is 1.57. The van der Waals surface area contributed by atoms with Crippen LogP contribution in [0.2, 0.25) is 0 Å². The lowest BCUT2D eigenvalue weighted by atomic mass is 10.2. The number of methoxy groups -OCH3 is 1. The molecule has 0 spiro atoms. The molecule has 0 unspecified atom stereocenters. The van der Waals surface area contributed by atoms with Crippen LogP contribution in [0.5, 0.6) is 5.75 Å². The van der Waals surface area contributed by atoms with Crippen LogP contribution >= 0.6 is 0 Å². The van der Waals surface area contributed by atoms with Crippen molar-refractivity contribution in [2.75, 3.05) is 20.3 Å². The van der Waals surface area contributed by atoms with Gasteiger partial charge in [0.2, 0.25) is 0 Å². The van der Waals surface area contributed by atoms with Crippen molar-refractivity contribution in [2.45, 2.75) is 19.8 Å². The van der Waals surface area contributed by atoms with Crippen LogP contribution in [0, 0.1) is 5.82 Å². The third-order valence-electron chi connectivity index (χ3n) is 2.57. The molecule has 0 aromatic heterocycles. The Morgan fingerprint density at radius 3 is 2.70 bits per heavy atom. The first-order valence-corrected chi connectivity index (χ1v) is 6.35. The number of esters is 1. The van der Waals surface area contributed by atoms with Crippen LogP contribution < -0.4 is 10.1 Å². The normalized spacial score (nSPS) is 9.95. The van der Waals surface area contributed by atoms with E-state index in [1.165, 1.54) is 19.2 Å².